The molecule has 0 radical (unpaired) electrons. The summed E-state index contributed by atoms with van der Waals surface area (Å²) in [6.45, 7) is 3.84. The van der Waals surface area contributed by atoms with Crippen molar-refractivity contribution in [2.45, 2.75) is 4.90 Å². The molecule has 0 unspecified atom stereocenters. The summed E-state index contributed by atoms with van der Waals surface area (Å²) in [6.07, 6.45) is 1.69. The van der Waals surface area contributed by atoms with E-state index in [1.807, 2.05) is 6.07 Å². The van der Waals surface area contributed by atoms with Crippen molar-refractivity contribution in [3.63, 3.8) is 0 Å². The third-order valence-electron chi connectivity index (χ3n) is 4.52. The van der Waals surface area contributed by atoms with Gasteiger partial charge in [-0.15, -0.1) is 0 Å². The van der Waals surface area contributed by atoms with Gasteiger partial charge in [-0.1, -0.05) is 0 Å². The Hall–Kier alpha value is -2.52. The topological polar surface area (TPSA) is 84.0 Å². The lowest BCUT2D eigenvalue weighted by atomic mass is 10.3. The Morgan fingerprint density at radius 1 is 1.00 bits per heavy atom. The molecule has 146 valence electrons. The highest BCUT2D eigenvalue weighted by Gasteiger charge is 2.19. The molecule has 2 heterocycles. The van der Waals surface area contributed by atoms with Crippen molar-refractivity contribution in [3.05, 3.63) is 36.5 Å². The maximum atomic E-state index is 12.6. The molecular formula is C18H24N4O4S. The fourth-order valence-corrected chi connectivity index (χ4v) is 3.90. The number of pyridine rings is 1. The molecule has 0 atom stereocenters. The van der Waals surface area contributed by atoms with E-state index in [1.165, 1.54) is 26.4 Å². The minimum absolute atomic E-state index is 0.0742. The largest absolute Gasteiger partial charge is 0.493 e. The van der Waals surface area contributed by atoms with Gasteiger partial charge in [0.15, 0.2) is 11.5 Å². The van der Waals surface area contributed by atoms with Crippen LogP contribution in [0, 0.1) is 0 Å². The number of nitrogens with one attached hydrogen (secondary N) is 1. The zero-order chi connectivity index (χ0) is 19.4. The zero-order valence-corrected chi connectivity index (χ0v) is 16.5. The van der Waals surface area contributed by atoms with Crippen LogP contribution in [0.2, 0.25) is 0 Å². The maximum Gasteiger partial charge on any atom is 0.263 e. The molecule has 0 bridgehead atoms. The van der Waals surface area contributed by atoms with Crippen LogP contribution in [0.3, 0.4) is 0 Å². The number of nitrogens with zero attached hydrogens (tertiary/aromatic N) is 3. The first-order valence-electron chi connectivity index (χ1n) is 8.57. The lowest BCUT2D eigenvalue weighted by Crippen LogP contribution is -2.44. The molecule has 3 rings (SSSR count). The maximum absolute atomic E-state index is 12.6. The van der Waals surface area contributed by atoms with Crippen molar-refractivity contribution < 1.29 is 17.9 Å². The number of rotatable bonds is 6. The van der Waals surface area contributed by atoms with Crippen LogP contribution in [0.5, 0.6) is 11.5 Å². The van der Waals surface area contributed by atoms with Crippen molar-refractivity contribution in [1.82, 2.24) is 9.88 Å². The summed E-state index contributed by atoms with van der Waals surface area (Å²) in [5.41, 5.74) is 0.983. The second-order valence-corrected chi connectivity index (χ2v) is 8.00. The summed E-state index contributed by atoms with van der Waals surface area (Å²) in [7, 11) is 1.27. The van der Waals surface area contributed by atoms with E-state index in [2.05, 4.69) is 26.6 Å². The summed E-state index contributed by atoms with van der Waals surface area (Å²) in [6, 6.07) is 7.98. The fraction of sp³-hybridized carbons (Fsp3) is 0.389. The van der Waals surface area contributed by atoms with Gasteiger partial charge >= 0.3 is 0 Å². The molecule has 0 spiro atoms. The Labute approximate surface area is 159 Å². The molecule has 1 aromatic carbocycles. The van der Waals surface area contributed by atoms with Gasteiger partial charge in [-0.3, -0.25) is 4.72 Å². The van der Waals surface area contributed by atoms with E-state index in [-0.39, 0.29) is 10.7 Å². The van der Waals surface area contributed by atoms with E-state index < -0.39 is 10.0 Å². The summed E-state index contributed by atoms with van der Waals surface area (Å²) < 4.78 is 38.1. The minimum atomic E-state index is -3.78. The van der Waals surface area contributed by atoms with Gasteiger partial charge in [0.1, 0.15) is 5.82 Å². The van der Waals surface area contributed by atoms with E-state index in [9.17, 15) is 8.42 Å². The lowest BCUT2D eigenvalue weighted by Gasteiger charge is -2.33. The van der Waals surface area contributed by atoms with Gasteiger partial charge in [-0.05, 0) is 31.3 Å². The van der Waals surface area contributed by atoms with Crippen molar-refractivity contribution >= 4 is 21.5 Å². The molecule has 0 aliphatic carbocycles. The number of piperazine rings is 1. The fourth-order valence-electron chi connectivity index (χ4n) is 2.88. The highest BCUT2D eigenvalue weighted by atomic mass is 32.2. The average molecular weight is 392 g/mol. The highest BCUT2D eigenvalue weighted by molar-refractivity contribution is 7.92. The molecule has 0 amide bonds. The monoisotopic (exact) mass is 392 g/mol. The van der Waals surface area contributed by atoms with Crippen molar-refractivity contribution in [2.24, 2.45) is 0 Å². The van der Waals surface area contributed by atoms with Gasteiger partial charge in [-0.25, -0.2) is 13.4 Å². The van der Waals surface area contributed by atoms with Crippen LogP contribution >= 0.6 is 0 Å². The Kier molecular flexibility index (Phi) is 5.71. The summed E-state index contributed by atoms with van der Waals surface area (Å²) >= 11 is 0. The Balaban J connectivity index is 1.74. The number of methoxy groups -OCH3 is 2. The van der Waals surface area contributed by atoms with Crippen LogP contribution in [-0.4, -0.2) is 65.7 Å². The molecule has 8 nitrogen and oxygen atoms in total. The first kappa shape index (κ1) is 19.2. The molecule has 2 aromatic rings. The first-order valence-corrected chi connectivity index (χ1v) is 10.1. The predicted molar refractivity (Wildman–Crippen MR) is 104 cm³/mol. The van der Waals surface area contributed by atoms with Gasteiger partial charge in [-0.2, -0.15) is 0 Å². The van der Waals surface area contributed by atoms with Gasteiger partial charge in [0, 0.05) is 32.2 Å². The summed E-state index contributed by atoms with van der Waals surface area (Å²) in [5.74, 6) is 1.08. The quantitative estimate of drug-likeness (QED) is 0.800. The number of benzene rings is 1. The molecule has 27 heavy (non-hydrogen) atoms. The number of hydrogen-bond acceptors (Lipinski definition) is 7. The van der Waals surface area contributed by atoms with Gasteiger partial charge in [0.05, 0.1) is 31.0 Å². The van der Waals surface area contributed by atoms with Crippen molar-refractivity contribution in [2.75, 3.05) is 57.1 Å². The first-order chi connectivity index (χ1) is 12.9. The van der Waals surface area contributed by atoms with E-state index in [1.54, 1.807) is 18.3 Å². The SMILES string of the molecule is COc1ccc(S(=O)(=O)Nc2ccc(N3CCN(C)CC3)cn2)cc1OC. The highest BCUT2D eigenvalue weighted by Crippen LogP contribution is 2.30. The van der Waals surface area contributed by atoms with Crippen LogP contribution in [0.15, 0.2) is 41.4 Å². The molecular weight excluding hydrogens is 368 g/mol. The number of sulfonamides is 1. The number of anilines is 2. The van der Waals surface area contributed by atoms with Crippen LogP contribution in [0.4, 0.5) is 11.5 Å². The Morgan fingerprint density at radius 3 is 2.30 bits per heavy atom. The normalized spacial score (nSPS) is 15.4. The smallest absolute Gasteiger partial charge is 0.263 e. The van der Waals surface area contributed by atoms with E-state index in [0.29, 0.717) is 11.5 Å². The second kappa shape index (κ2) is 8.01. The predicted octanol–water partition coefficient (Wildman–Crippen LogP) is 1.65. The molecule has 1 saturated heterocycles. The molecule has 1 N–H and O–H groups in total. The minimum Gasteiger partial charge on any atom is -0.493 e. The molecule has 1 fully saturated rings. The van der Waals surface area contributed by atoms with E-state index >= 15 is 0 Å². The van der Waals surface area contributed by atoms with E-state index in [0.717, 1.165) is 31.9 Å². The number of ether oxygens (including phenoxy) is 2. The molecule has 9 heteroatoms. The number of hydrogen-bond donors (Lipinski definition) is 1. The Bertz CT molecular complexity index is 879. The van der Waals surface area contributed by atoms with Crippen molar-refractivity contribution in [3.8, 4) is 11.5 Å². The molecule has 1 aliphatic rings. The number of likely N-dealkylation sites (N-methyl/N-ethyl adjacent to an activating group) is 1. The van der Waals surface area contributed by atoms with Crippen LogP contribution in [-0.2, 0) is 10.0 Å². The van der Waals surface area contributed by atoms with Crippen molar-refractivity contribution in [1.29, 1.82) is 0 Å². The summed E-state index contributed by atoms with van der Waals surface area (Å²) in [4.78, 5) is 8.84. The van der Waals surface area contributed by atoms with Gasteiger partial charge in [0.25, 0.3) is 10.0 Å². The number of aromatic nitrogens is 1. The lowest BCUT2D eigenvalue weighted by molar-refractivity contribution is 0.313. The van der Waals surface area contributed by atoms with Crippen LogP contribution in [0.1, 0.15) is 0 Å². The molecule has 1 aromatic heterocycles. The van der Waals surface area contributed by atoms with E-state index in [4.69, 9.17) is 9.47 Å². The third kappa shape index (κ3) is 4.42. The van der Waals surface area contributed by atoms with Gasteiger partial charge < -0.3 is 19.3 Å². The summed E-state index contributed by atoms with van der Waals surface area (Å²) in [5, 5.41) is 0. The van der Waals surface area contributed by atoms with Crippen LogP contribution < -0.4 is 19.1 Å². The van der Waals surface area contributed by atoms with Gasteiger partial charge in [0.2, 0.25) is 0 Å². The third-order valence-corrected chi connectivity index (χ3v) is 5.87. The zero-order valence-electron chi connectivity index (χ0n) is 15.7. The average Bonchev–Trinajstić information content (AvgIpc) is 2.68. The second-order valence-electron chi connectivity index (χ2n) is 6.31. The Morgan fingerprint density at radius 2 is 1.70 bits per heavy atom. The van der Waals surface area contributed by atoms with Crippen LogP contribution in [0.25, 0.3) is 0 Å². The molecule has 0 saturated carbocycles. The molecule has 1 aliphatic heterocycles. The standard InChI is InChI=1S/C18H24N4O4S/c1-21-8-10-22(11-9-21)14-4-7-18(19-13-14)20-27(23,24)15-5-6-16(25-2)17(12-15)26-3/h4-7,12-13H,8-11H2,1-3H3,(H,19,20).